The van der Waals surface area contributed by atoms with Gasteiger partial charge in [-0.15, -0.1) is 0 Å². The molecular formula is C17H22N4O3S. The van der Waals surface area contributed by atoms with Crippen LogP contribution in [-0.2, 0) is 16.4 Å². The molecule has 1 aliphatic rings. The van der Waals surface area contributed by atoms with Crippen molar-refractivity contribution >= 4 is 15.9 Å². The Labute approximate surface area is 147 Å². The number of imidazole rings is 1. The van der Waals surface area contributed by atoms with Crippen molar-refractivity contribution in [1.29, 1.82) is 0 Å². The Morgan fingerprint density at radius 3 is 2.56 bits per heavy atom. The first kappa shape index (κ1) is 17.6. The molecule has 3 N–H and O–H groups in total. The maximum Gasteiger partial charge on any atom is 0.251 e. The van der Waals surface area contributed by atoms with Gasteiger partial charge in [0.05, 0.1) is 11.2 Å². The molecule has 25 heavy (non-hydrogen) atoms. The van der Waals surface area contributed by atoms with Crippen LogP contribution in [0, 0.1) is 0 Å². The molecule has 1 saturated carbocycles. The number of rotatable bonds is 7. The monoisotopic (exact) mass is 362 g/mol. The van der Waals surface area contributed by atoms with E-state index in [1.807, 2.05) is 0 Å². The van der Waals surface area contributed by atoms with E-state index in [1.165, 1.54) is 24.3 Å². The quantitative estimate of drug-likeness (QED) is 0.696. The highest BCUT2D eigenvalue weighted by Crippen LogP contribution is 2.20. The molecule has 3 rings (SSSR count). The number of carbonyl (C=O) groups excluding carboxylic acids is 1. The molecular weight excluding hydrogens is 340 g/mol. The van der Waals surface area contributed by atoms with Crippen molar-refractivity contribution in [3.05, 3.63) is 48.0 Å². The van der Waals surface area contributed by atoms with Gasteiger partial charge in [-0.3, -0.25) is 4.79 Å². The third-order valence-corrected chi connectivity index (χ3v) is 5.87. The van der Waals surface area contributed by atoms with Crippen LogP contribution in [0.2, 0.25) is 0 Å². The largest absolute Gasteiger partial charge is 0.352 e. The molecule has 1 amide bonds. The van der Waals surface area contributed by atoms with E-state index in [-0.39, 0.29) is 16.8 Å². The SMILES string of the molecule is O=C(NCCc1cnc[nH]1)c1ccc(S(=O)(=O)NC2CCCC2)cc1. The number of amides is 1. The van der Waals surface area contributed by atoms with E-state index in [4.69, 9.17) is 0 Å². The van der Waals surface area contributed by atoms with Crippen LogP contribution in [0.15, 0.2) is 41.7 Å². The minimum atomic E-state index is -3.53. The lowest BCUT2D eigenvalue weighted by Gasteiger charge is -2.12. The van der Waals surface area contributed by atoms with Crippen LogP contribution in [0.4, 0.5) is 0 Å². The van der Waals surface area contributed by atoms with Gasteiger partial charge in [-0.2, -0.15) is 0 Å². The first-order valence-electron chi connectivity index (χ1n) is 8.42. The zero-order valence-electron chi connectivity index (χ0n) is 13.9. The lowest BCUT2D eigenvalue weighted by atomic mass is 10.2. The number of nitrogens with one attached hydrogen (secondary N) is 3. The van der Waals surface area contributed by atoms with Crippen molar-refractivity contribution in [3.8, 4) is 0 Å². The second kappa shape index (κ2) is 7.79. The highest BCUT2D eigenvalue weighted by Gasteiger charge is 2.22. The summed E-state index contributed by atoms with van der Waals surface area (Å²) in [5.41, 5.74) is 1.38. The zero-order chi connectivity index (χ0) is 17.7. The number of aromatic amines is 1. The first-order valence-corrected chi connectivity index (χ1v) is 9.91. The van der Waals surface area contributed by atoms with E-state index in [0.717, 1.165) is 31.4 Å². The minimum absolute atomic E-state index is 0.0236. The summed E-state index contributed by atoms with van der Waals surface area (Å²) in [6, 6.07) is 6.04. The Balaban J connectivity index is 1.56. The van der Waals surface area contributed by atoms with Gasteiger partial charge >= 0.3 is 0 Å². The normalized spacial score (nSPS) is 15.4. The lowest BCUT2D eigenvalue weighted by molar-refractivity contribution is 0.0954. The topological polar surface area (TPSA) is 104 Å². The summed E-state index contributed by atoms with van der Waals surface area (Å²) >= 11 is 0. The van der Waals surface area contributed by atoms with E-state index in [2.05, 4.69) is 20.0 Å². The summed E-state index contributed by atoms with van der Waals surface area (Å²) in [7, 11) is -3.53. The van der Waals surface area contributed by atoms with Crippen LogP contribution in [0.3, 0.4) is 0 Å². The third-order valence-electron chi connectivity index (χ3n) is 4.34. The van der Waals surface area contributed by atoms with Crippen molar-refractivity contribution in [2.45, 2.75) is 43.0 Å². The number of hydrogen-bond donors (Lipinski definition) is 3. The van der Waals surface area contributed by atoms with Gasteiger partial charge in [0, 0.05) is 36.5 Å². The number of aromatic nitrogens is 2. The van der Waals surface area contributed by atoms with Crippen LogP contribution in [0.1, 0.15) is 41.7 Å². The van der Waals surface area contributed by atoms with Crippen LogP contribution in [0.25, 0.3) is 0 Å². The number of hydrogen-bond acceptors (Lipinski definition) is 4. The Hall–Kier alpha value is -2.19. The fourth-order valence-corrected chi connectivity index (χ4v) is 4.26. The van der Waals surface area contributed by atoms with Crippen LogP contribution in [0.5, 0.6) is 0 Å². The number of sulfonamides is 1. The Morgan fingerprint density at radius 2 is 1.92 bits per heavy atom. The maximum atomic E-state index is 12.4. The Morgan fingerprint density at radius 1 is 1.20 bits per heavy atom. The van der Waals surface area contributed by atoms with E-state index in [1.54, 1.807) is 12.5 Å². The molecule has 1 heterocycles. The molecule has 0 radical (unpaired) electrons. The van der Waals surface area contributed by atoms with Gasteiger partial charge in [0.15, 0.2) is 0 Å². The molecule has 2 aromatic rings. The van der Waals surface area contributed by atoms with E-state index in [9.17, 15) is 13.2 Å². The fourth-order valence-electron chi connectivity index (χ4n) is 2.95. The van der Waals surface area contributed by atoms with Crippen molar-refractivity contribution in [3.63, 3.8) is 0 Å². The van der Waals surface area contributed by atoms with Gasteiger partial charge < -0.3 is 10.3 Å². The summed E-state index contributed by atoms with van der Waals surface area (Å²) < 4.78 is 27.4. The molecule has 0 atom stereocenters. The van der Waals surface area contributed by atoms with Crippen LogP contribution >= 0.6 is 0 Å². The fraction of sp³-hybridized carbons (Fsp3) is 0.412. The Kier molecular flexibility index (Phi) is 5.50. The molecule has 1 aliphatic carbocycles. The maximum absolute atomic E-state index is 12.4. The average Bonchev–Trinajstić information content (AvgIpc) is 3.28. The van der Waals surface area contributed by atoms with Crippen molar-refractivity contribution < 1.29 is 13.2 Å². The average molecular weight is 362 g/mol. The predicted molar refractivity (Wildman–Crippen MR) is 93.6 cm³/mol. The standard InChI is InChI=1S/C17H22N4O3S/c22-17(19-10-9-15-11-18-12-20-15)13-5-7-16(8-6-13)25(23,24)21-14-3-1-2-4-14/h5-8,11-12,14,21H,1-4,9-10H2,(H,18,20)(H,19,22). The second-order valence-electron chi connectivity index (χ2n) is 6.21. The highest BCUT2D eigenvalue weighted by atomic mass is 32.2. The molecule has 0 aliphatic heterocycles. The lowest BCUT2D eigenvalue weighted by Crippen LogP contribution is -2.32. The van der Waals surface area contributed by atoms with Crippen molar-refractivity contribution in [2.75, 3.05) is 6.54 Å². The summed E-state index contributed by atoms with van der Waals surface area (Å²) in [5.74, 6) is -0.229. The van der Waals surface area contributed by atoms with Gasteiger partial charge in [0.2, 0.25) is 10.0 Å². The zero-order valence-corrected chi connectivity index (χ0v) is 14.7. The molecule has 0 saturated heterocycles. The summed E-state index contributed by atoms with van der Waals surface area (Å²) in [6.45, 7) is 0.477. The molecule has 8 heteroatoms. The molecule has 1 aromatic carbocycles. The van der Waals surface area contributed by atoms with Gasteiger partial charge in [-0.05, 0) is 37.1 Å². The molecule has 7 nitrogen and oxygen atoms in total. The third kappa shape index (κ3) is 4.67. The molecule has 134 valence electrons. The first-order chi connectivity index (χ1) is 12.0. The van der Waals surface area contributed by atoms with Crippen molar-refractivity contribution in [2.24, 2.45) is 0 Å². The predicted octanol–water partition coefficient (Wildman–Crippen LogP) is 1.60. The number of benzene rings is 1. The van der Waals surface area contributed by atoms with Crippen LogP contribution < -0.4 is 10.0 Å². The van der Waals surface area contributed by atoms with E-state index >= 15 is 0 Å². The molecule has 1 aromatic heterocycles. The van der Waals surface area contributed by atoms with Crippen LogP contribution in [-0.4, -0.2) is 36.9 Å². The number of H-pyrrole nitrogens is 1. The van der Waals surface area contributed by atoms with Gasteiger partial charge in [0.1, 0.15) is 0 Å². The molecule has 0 spiro atoms. The van der Waals surface area contributed by atoms with Gasteiger partial charge in [-0.25, -0.2) is 18.1 Å². The van der Waals surface area contributed by atoms with E-state index < -0.39 is 10.0 Å². The number of nitrogens with zero attached hydrogens (tertiary/aromatic N) is 1. The minimum Gasteiger partial charge on any atom is -0.352 e. The summed E-state index contributed by atoms with van der Waals surface area (Å²) in [6.07, 6.45) is 7.85. The Bertz CT molecular complexity index is 795. The number of carbonyl (C=O) groups is 1. The van der Waals surface area contributed by atoms with E-state index in [0.29, 0.717) is 18.5 Å². The van der Waals surface area contributed by atoms with Crippen molar-refractivity contribution in [1.82, 2.24) is 20.0 Å². The van der Waals surface area contributed by atoms with Gasteiger partial charge in [0.25, 0.3) is 5.91 Å². The summed E-state index contributed by atoms with van der Waals surface area (Å²) in [4.78, 5) is 19.2. The molecule has 1 fully saturated rings. The smallest absolute Gasteiger partial charge is 0.251 e. The highest BCUT2D eigenvalue weighted by molar-refractivity contribution is 7.89. The molecule has 0 bridgehead atoms. The summed E-state index contributed by atoms with van der Waals surface area (Å²) in [5, 5.41) is 2.80. The van der Waals surface area contributed by atoms with Gasteiger partial charge in [-0.1, -0.05) is 12.8 Å². The molecule has 0 unspecified atom stereocenters. The second-order valence-corrected chi connectivity index (χ2v) is 7.92.